The zero-order valence-electron chi connectivity index (χ0n) is 21.7. The number of aromatic nitrogens is 4. The number of hydrogen-bond acceptors (Lipinski definition) is 7. The molecule has 1 aromatic carbocycles. The lowest BCUT2D eigenvalue weighted by molar-refractivity contribution is 0.0721. The van der Waals surface area contributed by atoms with Crippen LogP contribution in [0.5, 0.6) is 5.88 Å². The summed E-state index contributed by atoms with van der Waals surface area (Å²) in [6.07, 6.45) is -0.0617. The number of hydrogen-bond donors (Lipinski definition) is 1. The number of nitrogens with zero attached hydrogens (tertiary/aromatic N) is 5. The second-order valence-electron chi connectivity index (χ2n) is 11.1. The van der Waals surface area contributed by atoms with Gasteiger partial charge in [-0.2, -0.15) is 5.10 Å². The minimum atomic E-state index is -0.608. The number of rotatable bonds is 6. The van der Waals surface area contributed by atoms with Crippen LogP contribution >= 0.6 is 11.3 Å². The zero-order valence-corrected chi connectivity index (χ0v) is 22.5. The number of benzene rings is 1. The van der Waals surface area contributed by atoms with Crippen molar-refractivity contribution in [3.05, 3.63) is 70.4 Å². The molecule has 10 heteroatoms. The average molecular weight is 533 g/mol. The Labute approximate surface area is 224 Å². The monoisotopic (exact) mass is 532 g/mol. The van der Waals surface area contributed by atoms with E-state index in [0.29, 0.717) is 36.1 Å². The average Bonchev–Trinajstić information content (AvgIpc) is 3.41. The van der Waals surface area contributed by atoms with Crippen LogP contribution in [0.3, 0.4) is 0 Å². The molecule has 0 bridgehead atoms. The molecule has 3 atom stereocenters. The highest BCUT2D eigenvalue weighted by Gasteiger charge is 2.69. The fourth-order valence-electron chi connectivity index (χ4n) is 5.34. The molecule has 2 fully saturated rings. The molecule has 6 rings (SSSR count). The molecule has 3 aromatic heterocycles. The summed E-state index contributed by atoms with van der Waals surface area (Å²) in [5.41, 5.74) is 11.7. The van der Waals surface area contributed by atoms with Gasteiger partial charge in [0.05, 0.1) is 11.2 Å². The van der Waals surface area contributed by atoms with Crippen LogP contribution < -0.4 is 10.5 Å². The highest BCUT2D eigenvalue weighted by Crippen LogP contribution is 2.59. The van der Waals surface area contributed by atoms with Crippen molar-refractivity contribution in [2.45, 2.75) is 32.4 Å². The standard InChI is InChI=1S/C28H29FN6O2S/c1-27(2,30)17-9-20(16-5-7-18(29)8-6-16)32-24(10-17)37-25-19-12-35(14-28(19,25)3)26(36)23-11-21(33-34(23)4)22-13-38-15-31-22/h5-11,13,15,19,25H,12,14,30H2,1-4H3/t19-,25-,28-/m0/s1. The molecule has 196 valence electrons. The first kappa shape index (κ1) is 24.7. The van der Waals surface area contributed by atoms with Crippen LogP contribution in [0, 0.1) is 17.2 Å². The van der Waals surface area contributed by atoms with Gasteiger partial charge < -0.3 is 15.4 Å². The van der Waals surface area contributed by atoms with E-state index in [2.05, 4.69) is 17.0 Å². The molecular formula is C28H29FN6O2S. The number of nitrogens with two attached hydrogens (primary N) is 1. The molecule has 0 spiro atoms. The van der Waals surface area contributed by atoms with E-state index in [1.165, 1.54) is 23.5 Å². The summed E-state index contributed by atoms with van der Waals surface area (Å²) in [7, 11) is 1.78. The Morgan fingerprint density at radius 3 is 2.58 bits per heavy atom. The van der Waals surface area contributed by atoms with Gasteiger partial charge in [0.1, 0.15) is 29.0 Å². The number of fused-ring (bicyclic) bond motifs is 1. The largest absolute Gasteiger partial charge is 0.473 e. The van der Waals surface area contributed by atoms with Crippen molar-refractivity contribution in [3.8, 4) is 28.5 Å². The molecule has 2 N–H and O–H groups in total. The lowest BCUT2D eigenvalue weighted by Crippen LogP contribution is -2.36. The van der Waals surface area contributed by atoms with Gasteiger partial charge >= 0.3 is 0 Å². The number of carbonyl (C=O) groups excluding carboxylic acids is 1. The van der Waals surface area contributed by atoms with E-state index in [0.717, 1.165) is 16.8 Å². The van der Waals surface area contributed by atoms with Gasteiger partial charge in [0, 0.05) is 54.0 Å². The number of carbonyl (C=O) groups is 1. The molecule has 0 radical (unpaired) electrons. The zero-order chi connectivity index (χ0) is 26.8. The van der Waals surface area contributed by atoms with Gasteiger partial charge in [-0.25, -0.2) is 14.4 Å². The van der Waals surface area contributed by atoms with E-state index in [1.54, 1.807) is 35.4 Å². The normalized spacial score (nSPS) is 22.4. The molecule has 38 heavy (non-hydrogen) atoms. The summed E-state index contributed by atoms with van der Waals surface area (Å²) >= 11 is 1.50. The minimum absolute atomic E-state index is 0.0442. The van der Waals surface area contributed by atoms with Crippen LogP contribution in [0.1, 0.15) is 36.8 Å². The van der Waals surface area contributed by atoms with Gasteiger partial charge in [0.15, 0.2) is 0 Å². The second-order valence-corrected chi connectivity index (χ2v) is 11.8. The summed E-state index contributed by atoms with van der Waals surface area (Å²) in [6, 6.07) is 11.8. The lowest BCUT2D eigenvalue weighted by Gasteiger charge is -2.24. The van der Waals surface area contributed by atoms with Crippen LogP contribution in [0.2, 0.25) is 0 Å². The van der Waals surface area contributed by atoms with Crippen LogP contribution in [0.4, 0.5) is 4.39 Å². The molecule has 1 aliphatic heterocycles. The first-order valence-electron chi connectivity index (χ1n) is 12.5. The highest BCUT2D eigenvalue weighted by molar-refractivity contribution is 7.07. The predicted molar refractivity (Wildman–Crippen MR) is 143 cm³/mol. The highest BCUT2D eigenvalue weighted by atomic mass is 32.1. The summed E-state index contributed by atoms with van der Waals surface area (Å²) < 4.78 is 21.5. The maximum Gasteiger partial charge on any atom is 0.272 e. The number of amides is 1. The minimum Gasteiger partial charge on any atom is -0.473 e. The number of ether oxygens (including phenoxy) is 1. The molecule has 4 heterocycles. The Bertz CT molecular complexity index is 1510. The van der Waals surface area contributed by atoms with E-state index in [1.807, 2.05) is 36.3 Å². The Hall–Kier alpha value is -3.63. The molecule has 1 amide bonds. The van der Waals surface area contributed by atoms with Crippen LogP contribution in [-0.2, 0) is 12.6 Å². The van der Waals surface area contributed by atoms with Crippen LogP contribution in [0.15, 0.2) is 53.4 Å². The molecular weight excluding hydrogens is 503 g/mol. The number of pyridine rings is 1. The van der Waals surface area contributed by atoms with E-state index in [4.69, 9.17) is 15.5 Å². The fourth-order valence-corrected chi connectivity index (χ4v) is 5.89. The number of likely N-dealkylation sites (tertiary alicyclic amines) is 1. The van der Waals surface area contributed by atoms with Crippen molar-refractivity contribution in [2.75, 3.05) is 13.1 Å². The molecule has 1 saturated carbocycles. The van der Waals surface area contributed by atoms with E-state index >= 15 is 0 Å². The van der Waals surface area contributed by atoms with Gasteiger partial charge in [-0.05, 0) is 55.8 Å². The summed E-state index contributed by atoms with van der Waals surface area (Å²) in [6.45, 7) is 7.19. The number of aryl methyl sites for hydroxylation is 1. The third-order valence-electron chi connectivity index (χ3n) is 7.72. The summed E-state index contributed by atoms with van der Waals surface area (Å²) in [5.74, 6) is 0.336. The van der Waals surface area contributed by atoms with Crippen molar-refractivity contribution < 1.29 is 13.9 Å². The third-order valence-corrected chi connectivity index (χ3v) is 8.30. The summed E-state index contributed by atoms with van der Waals surface area (Å²) in [5, 5.41) is 6.40. The van der Waals surface area contributed by atoms with Gasteiger partial charge in [-0.15, -0.1) is 11.3 Å². The van der Waals surface area contributed by atoms with Gasteiger partial charge in [0.2, 0.25) is 5.88 Å². The van der Waals surface area contributed by atoms with E-state index < -0.39 is 5.54 Å². The van der Waals surface area contributed by atoms with E-state index in [-0.39, 0.29) is 29.2 Å². The van der Waals surface area contributed by atoms with Crippen molar-refractivity contribution in [1.29, 1.82) is 0 Å². The Balaban J connectivity index is 1.19. The lowest BCUT2D eigenvalue weighted by atomic mass is 9.95. The molecule has 8 nitrogen and oxygen atoms in total. The maximum absolute atomic E-state index is 13.5. The third kappa shape index (κ3) is 4.27. The SMILES string of the molecule is Cn1nc(-c2cscn2)cc1C(=O)N1C[C@H]2[C@H](Oc3cc(C(C)(C)N)cc(-c4ccc(F)cc4)n3)[C@@]2(C)C1. The van der Waals surface area contributed by atoms with Crippen LogP contribution in [0.25, 0.3) is 22.6 Å². The van der Waals surface area contributed by atoms with E-state index in [9.17, 15) is 9.18 Å². The summed E-state index contributed by atoms with van der Waals surface area (Å²) in [4.78, 5) is 24.3. The molecule has 0 unspecified atom stereocenters. The van der Waals surface area contributed by atoms with Crippen molar-refractivity contribution >= 4 is 17.2 Å². The number of thiazole rings is 1. The quantitative estimate of drug-likeness (QED) is 0.393. The van der Waals surface area contributed by atoms with Gasteiger partial charge in [-0.1, -0.05) is 6.92 Å². The topological polar surface area (TPSA) is 99.2 Å². The first-order chi connectivity index (χ1) is 18.0. The Morgan fingerprint density at radius 1 is 1.18 bits per heavy atom. The molecule has 4 aromatic rings. The van der Waals surface area contributed by atoms with Crippen molar-refractivity contribution in [2.24, 2.45) is 24.1 Å². The van der Waals surface area contributed by atoms with Gasteiger partial charge in [-0.3, -0.25) is 9.48 Å². The molecule has 1 aliphatic carbocycles. The maximum atomic E-state index is 13.5. The molecule has 1 saturated heterocycles. The smallest absolute Gasteiger partial charge is 0.272 e. The second kappa shape index (κ2) is 8.71. The molecule has 2 aliphatic rings. The van der Waals surface area contributed by atoms with Crippen LogP contribution in [-0.4, -0.2) is 49.7 Å². The Kier molecular flexibility index (Phi) is 5.66. The van der Waals surface area contributed by atoms with Crippen molar-refractivity contribution in [3.63, 3.8) is 0 Å². The number of halogens is 1. The fraction of sp³-hybridized carbons (Fsp3) is 0.357. The first-order valence-corrected chi connectivity index (χ1v) is 13.4. The Morgan fingerprint density at radius 2 is 1.95 bits per heavy atom. The predicted octanol–water partition coefficient (Wildman–Crippen LogP) is 4.48. The van der Waals surface area contributed by atoms with Crippen molar-refractivity contribution in [1.82, 2.24) is 24.6 Å². The number of piperidine rings is 1. The van der Waals surface area contributed by atoms with Gasteiger partial charge in [0.25, 0.3) is 5.91 Å².